The van der Waals surface area contributed by atoms with Gasteiger partial charge in [0, 0.05) is 24.1 Å². The van der Waals surface area contributed by atoms with Crippen LogP contribution in [0.2, 0.25) is 0 Å². The predicted molar refractivity (Wildman–Crippen MR) is 62.4 cm³/mol. The van der Waals surface area contributed by atoms with E-state index in [1.165, 1.54) is 37.9 Å². The average molecular weight is 236 g/mol. The maximum atomic E-state index is 12.7. The average Bonchev–Trinajstić information content (AvgIpc) is 2.73. The van der Waals surface area contributed by atoms with Crippen LogP contribution in [0.5, 0.6) is 5.88 Å². The summed E-state index contributed by atoms with van der Waals surface area (Å²) in [5.41, 5.74) is 0. The summed E-state index contributed by atoms with van der Waals surface area (Å²) in [4.78, 5) is 3.91. The van der Waals surface area contributed by atoms with E-state index < -0.39 is 0 Å². The Labute approximate surface area is 100 Å². The fourth-order valence-corrected chi connectivity index (χ4v) is 2.91. The van der Waals surface area contributed by atoms with Crippen LogP contribution in [0.1, 0.15) is 25.7 Å². The van der Waals surface area contributed by atoms with Gasteiger partial charge in [0.1, 0.15) is 5.82 Å². The third kappa shape index (κ3) is 2.41. The van der Waals surface area contributed by atoms with Crippen molar-refractivity contribution in [3.05, 3.63) is 24.1 Å². The number of fused-ring (bicyclic) bond motifs is 2. The van der Waals surface area contributed by atoms with Gasteiger partial charge in [0.15, 0.2) is 0 Å². The van der Waals surface area contributed by atoms with Gasteiger partial charge in [0.2, 0.25) is 5.88 Å². The minimum Gasteiger partial charge on any atom is -0.477 e. The molecule has 0 aliphatic carbocycles. The molecule has 0 spiro atoms. The summed E-state index contributed by atoms with van der Waals surface area (Å²) >= 11 is 0. The van der Waals surface area contributed by atoms with Gasteiger partial charge in [-0.25, -0.2) is 9.37 Å². The third-order valence-corrected chi connectivity index (χ3v) is 3.88. The van der Waals surface area contributed by atoms with E-state index in [1.54, 1.807) is 6.07 Å². The smallest absolute Gasteiger partial charge is 0.213 e. The predicted octanol–water partition coefficient (Wildman–Crippen LogP) is 2.13. The van der Waals surface area contributed by atoms with Crippen LogP contribution in [0, 0.1) is 11.7 Å². The number of nitrogens with one attached hydrogen (secondary N) is 1. The van der Waals surface area contributed by atoms with Crippen LogP contribution >= 0.6 is 0 Å². The highest BCUT2D eigenvalue weighted by atomic mass is 19.1. The molecule has 0 amide bonds. The lowest BCUT2D eigenvalue weighted by Crippen LogP contribution is -2.42. The van der Waals surface area contributed by atoms with Gasteiger partial charge in [0.25, 0.3) is 0 Å². The van der Waals surface area contributed by atoms with Crippen molar-refractivity contribution in [1.29, 1.82) is 0 Å². The molecule has 2 aliphatic rings. The summed E-state index contributed by atoms with van der Waals surface area (Å²) in [5.74, 6) is 0.766. The number of aromatic nitrogens is 1. The van der Waals surface area contributed by atoms with E-state index in [4.69, 9.17) is 4.74 Å². The van der Waals surface area contributed by atoms with Gasteiger partial charge in [-0.05, 0) is 31.7 Å². The number of halogens is 1. The van der Waals surface area contributed by atoms with Crippen molar-refractivity contribution in [2.24, 2.45) is 5.92 Å². The van der Waals surface area contributed by atoms with E-state index in [0.717, 1.165) is 6.04 Å². The highest BCUT2D eigenvalue weighted by Gasteiger charge is 2.35. The monoisotopic (exact) mass is 236 g/mol. The SMILES string of the molecule is Fc1ccc(OCC2CCC3CCC2N3)nc1. The lowest BCUT2D eigenvalue weighted by atomic mass is 9.93. The van der Waals surface area contributed by atoms with Crippen LogP contribution in [-0.4, -0.2) is 23.7 Å². The van der Waals surface area contributed by atoms with Crippen molar-refractivity contribution in [1.82, 2.24) is 10.3 Å². The first-order chi connectivity index (χ1) is 8.31. The van der Waals surface area contributed by atoms with Crippen molar-refractivity contribution in [2.75, 3.05) is 6.61 Å². The number of hydrogen-bond acceptors (Lipinski definition) is 3. The summed E-state index contributed by atoms with van der Waals surface area (Å²) in [6, 6.07) is 4.31. The molecule has 4 heteroatoms. The lowest BCUT2D eigenvalue weighted by Gasteiger charge is -2.29. The molecule has 1 aromatic rings. The molecule has 3 nitrogen and oxygen atoms in total. The number of ether oxygens (including phenoxy) is 1. The van der Waals surface area contributed by atoms with Crippen LogP contribution in [0.3, 0.4) is 0 Å². The second-order valence-electron chi connectivity index (χ2n) is 5.01. The molecule has 2 fully saturated rings. The summed E-state index contributed by atoms with van der Waals surface area (Å²) < 4.78 is 18.3. The zero-order chi connectivity index (χ0) is 11.7. The van der Waals surface area contributed by atoms with Gasteiger partial charge < -0.3 is 10.1 Å². The number of nitrogens with zero attached hydrogens (tertiary/aromatic N) is 1. The maximum Gasteiger partial charge on any atom is 0.213 e. The normalized spacial score (nSPS) is 31.5. The first-order valence-electron chi connectivity index (χ1n) is 6.31. The van der Waals surface area contributed by atoms with Gasteiger partial charge >= 0.3 is 0 Å². The summed E-state index contributed by atoms with van der Waals surface area (Å²) in [5, 5.41) is 3.63. The highest BCUT2D eigenvalue weighted by Crippen LogP contribution is 2.31. The molecule has 3 heterocycles. The quantitative estimate of drug-likeness (QED) is 0.873. The molecule has 2 aliphatic heterocycles. The molecule has 2 saturated heterocycles. The second-order valence-corrected chi connectivity index (χ2v) is 5.01. The molecule has 2 bridgehead atoms. The first kappa shape index (κ1) is 11.0. The minimum atomic E-state index is -0.324. The zero-order valence-electron chi connectivity index (χ0n) is 9.73. The van der Waals surface area contributed by atoms with Gasteiger partial charge in [-0.3, -0.25) is 0 Å². The van der Waals surface area contributed by atoms with E-state index in [9.17, 15) is 4.39 Å². The number of pyridine rings is 1. The fraction of sp³-hybridized carbons (Fsp3) is 0.615. The number of hydrogen-bond donors (Lipinski definition) is 1. The molecule has 3 rings (SSSR count). The van der Waals surface area contributed by atoms with E-state index >= 15 is 0 Å². The third-order valence-electron chi connectivity index (χ3n) is 3.88. The van der Waals surface area contributed by atoms with Gasteiger partial charge in [-0.15, -0.1) is 0 Å². The Morgan fingerprint density at radius 3 is 3.00 bits per heavy atom. The standard InChI is InChI=1S/C13H17FN2O/c14-10-2-6-13(15-7-10)17-8-9-1-3-11-4-5-12(9)16-11/h2,6-7,9,11-12,16H,1,3-5,8H2. The maximum absolute atomic E-state index is 12.7. The Kier molecular flexibility index (Phi) is 2.97. The fourth-order valence-electron chi connectivity index (χ4n) is 2.91. The lowest BCUT2D eigenvalue weighted by molar-refractivity contribution is 0.177. The van der Waals surface area contributed by atoms with E-state index in [1.807, 2.05) is 0 Å². The molecule has 3 atom stereocenters. The van der Waals surface area contributed by atoms with Gasteiger partial charge in [-0.1, -0.05) is 0 Å². The van der Waals surface area contributed by atoms with Gasteiger partial charge in [0.05, 0.1) is 12.8 Å². The van der Waals surface area contributed by atoms with Crippen molar-refractivity contribution in [3.8, 4) is 5.88 Å². The molecule has 0 aromatic carbocycles. The van der Waals surface area contributed by atoms with Crippen molar-refractivity contribution >= 4 is 0 Å². The second kappa shape index (κ2) is 4.61. The number of rotatable bonds is 3. The van der Waals surface area contributed by atoms with Crippen LogP contribution in [-0.2, 0) is 0 Å². The molecule has 0 saturated carbocycles. The Morgan fingerprint density at radius 2 is 2.18 bits per heavy atom. The van der Waals surface area contributed by atoms with Crippen LogP contribution in [0.15, 0.2) is 18.3 Å². The van der Waals surface area contributed by atoms with E-state index in [2.05, 4.69) is 10.3 Å². The van der Waals surface area contributed by atoms with Gasteiger partial charge in [-0.2, -0.15) is 0 Å². The summed E-state index contributed by atoms with van der Waals surface area (Å²) in [7, 11) is 0. The first-order valence-corrected chi connectivity index (χ1v) is 6.31. The molecule has 17 heavy (non-hydrogen) atoms. The number of piperidine rings is 1. The van der Waals surface area contributed by atoms with Crippen molar-refractivity contribution in [2.45, 2.75) is 37.8 Å². The zero-order valence-corrected chi connectivity index (χ0v) is 9.73. The Morgan fingerprint density at radius 1 is 1.29 bits per heavy atom. The topological polar surface area (TPSA) is 34.1 Å². The summed E-state index contributed by atoms with van der Waals surface area (Å²) in [6.07, 6.45) is 6.23. The van der Waals surface area contributed by atoms with E-state index in [0.29, 0.717) is 24.4 Å². The molecule has 92 valence electrons. The molecule has 1 N–H and O–H groups in total. The van der Waals surface area contributed by atoms with Crippen molar-refractivity contribution in [3.63, 3.8) is 0 Å². The van der Waals surface area contributed by atoms with Crippen LogP contribution in [0.25, 0.3) is 0 Å². The molecular formula is C13H17FN2O. The largest absolute Gasteiger partial charge is 0.477 e. The molecule has 1 aromatic heterocycles. The Hall–Kier alpha value is -1.16. The van der Waals surface area contributed by atoms with E-state index in [-0.39, 0.29) is 5.82 Å². The Bertz CT molecular complexity index is 382. The Balaban J connectivity index is 1.55. The minimum absolute atomic E-state index is 0.324. The molecule has 3 unspecified atom stereocenters. The molecular weight excluding hydrogens is 219 g/mol. The van der Waals surface area contributed by atoms with Crippen LogP contribution in [0.4, 0.5) is 4.39 Å². The molecule has 0 radical (unpaired) electrons. The summed E-state index contributed by atoms with van der Waals surface area (Å²) in [6.45, 7) is 0.684. The van der Waals surface area contributed by atoms with Crippen molar-refractivity contribution < 1.29 is 9.13 Å². The van der Waals surface area contributed by atoms with Crippen LogP contribution < -0.4 is 10.1 Å². The highest BCUT2D eigenvalue weighted by molar-refractivity contribution is 5.10.